The third-order valence-corrected chi connectivity index (χ3v) is 4.85. The van der Waals surface area contributed by atoms with Crippen molar-refractivity contribution in [3.8, 4) is 0 Å². The number of anilines is 2. The van der Waals surface area contributed by atoms with Crippen LogP contribution in [-0.4, -0.2) is 56.1 Å². The number of nitrogens with zero attached hydrogens (tertiary/aromatic N) is 2. The molecule has 0 saturated carbocycles. The summed E-state index contributed by atoms with van der Waals surface area (Å²) in [5, 5.41) is 2.82. The van der Waals surface area contributed by atoms with E-state index in [0.717, 1.165) is 25.2 Å². The van der Waals surface area contributed by atoms with E-state index in [2.05, 4.69) is 24.1 Å². The Labute approximate surface area is 149 Å². The quantitative estimate of drug-likeness (QED) is 0.833. The van der Waals surface area contributed by atoms with Gasteiger partial charge in [-0.05, 0) is 30.4 Å². The van der Waals surface area contributed by atoms with Crippen LogP contribution in [0.2, 0.25) is 0 Å². The lowest BCUT2D eigenvalue weighted by Crippen LogP contribution is -2.47. The molecule has 0 radical (unpaired) electrons. The first-order valence-corrected chi connectivity index (χ1v) is 9.06. The lowest BCUT2D eigenvalue weighted by Gasteiger charge is -2.34. The van der Waals surface area contributed by atoms with Crippen LogP contribution < -0.4 is 10.2 Å². The number of benzene rings is 1. The van der Waals surface area contributed by atoms with Gasteiger partial charge in [-0.15, -0.1) is 0 Å². The molecule has 0 spiro atoms. The predicted octanol–water partition coefficient (Wildman–Crippen LogP) is 1.97. The van der Waals surface area contributed by atoms with E-state index in [0.29, 0.717) is 43.8 Å². The number of piperidine rings is 1. The largest absolute Gasteiger partial charge is 0.378 e. The monoisotopic (exact) mass is 345 g/mol. The molecule has 1 aromatic carbocycles. The number of morpholine rings is 1. The minimum atomic E-state index is -0.554. The van der Waals surface area contributed by atoms with Gasteiger partial charge in [-0.3, -0.25) is 9.59 Å². The third-order valence-electron chi connectivity index (χ3n) is 4.85. The first kappa shape index (κ1) is 17.7. The Balaban J connectivity index is 1.69. The summed E-state index contributed by atoms with van der Waals surface area (Å²) in [4.78, 5) is 28.9. The summed E-state index contributed by atoms with van der Waals surface area (Å²) in [5.41, 5.74) is 1.62. The van der Waals surface area contributed by atoms with Gasteiger partial charge in [0.15, 0.2) is 0 Å². The molecule has 2 unspecified atom stereocenters. The molecule has 25 heavy (non-hydrogen) atoms. The Morgan fingerprint density at radius 1 is 1.08 bits per heavy atom. The average Bonchev–Trinajstić information content (AvgIpc) is 2.61. The van der Waals surface area contributed by atoms with Crippen LogP contribution in [0.1, 0.15) is 20.3 Å². The smallest absolute Gasteiger partial charge is 0.313 e. The van der Waals surface area contributed by atoms with E-state index in [1.807, 2.05) is 24.3 Å². The maximum absolute atomic E-state index is 12.6. The van der Waals surface area contributed by atoms with Gasteiger partial charge in [0.05, 0.1) is 24.6 Å². The second kappa shape index (κ2) is 7.87. The molecule has 0 bridgehead atoms. The van der Waals surface area contributed by atoms with E-state index in [-0.39, 0.29) is 0 Å². The van der Waals surface area contributed by atoms with Gasteiger partial charge in [0, 0.05) is 26.2 Å². The van der Waals surface area contributed by atoms with Crippen LogP contribution in [0.15, 0.2) is 24.3 Å². The first-order chi connectivity index (χ1) is 12.0. The van der Waals surface area contributed by atoms with Crippen LogP contribution in [0.5, 0.6) is 0 Å². The van der Waals surface area contributed by atoms with E-state index >= 15 is 0 Å². The van der Waals surface area contributed by atoms with Crippen molar-refractivity contribution in [1.82, 2.24) is 4.90 Å². The summed E-state index contributed by atoms with van der Waals surface area (Å²) in [5.74, 6) is -0.125. The van der Waals surface area contributed by atoms with Crippen LogP contribution >= 0.6 is 0 Å². The lowest BCUT2D eigenvalue weighted by molar-refractivity contribution is -0.144. The van der Waals surface area contributed by atoms with E-state index in [4.69, 9.17) is 4.74 Å². The Hall–Kier alpha value is -2.08. The first-order valence-electron chi connectivity index (χ1n) is 9.06. The second-order valence-corrected chi connectivity index (χ2v) is 7.23. The normalized spacial score (nSPS) is 24.1. The Morgan fingerprint density at radius 2 is 1.72 bits per heavy atom. The molecule has 2 aliphatic heterocycles. The summed E-state index contributed by atoms with van der Waals surface area (Å²) < 4.78 is 5.39. The maximum Gasteiger partial charge on any atom is 0.313 e. The van der Waals surface area contributed by atoms with E-state index < -0.39 is 11.8 Å². The van der Waals surface area contributed by atoms with Crippen molar-refractivity contribution in [2.24, 2.45) is 11.8 Å². The van der Waals surface area contributed by atoms with Crippen molar-refractivity contribution in [2.75, 3.05) is 49.6 Å². The maximum atomic E-state index is 12.6. The number of amides is 2. The number of carbonyl (C=O) groups excluding carboxylic acids is 2. The number of likely N-dealkylation sites (tertiary alicyclic amines) is 1. The van der Waals surface area contributed by atoms with E-state index in [1.165, 1.54) is 0 Å². The van der Waals surface area contributed by atoms with Gasteiger partial charge in [-0.2, -0.15) is 0 Å². The van der Waals surface area contributed by atoms with Gasteiger partial charge in [0.1, 0.15) is 0 Å². The summed E-state index contributed by atoms with van der Waals surface area (Å²) in [6.07, 6.45) is 1.10. The van der Waals surface area contributed by atoms with Crippen molar-refractivity contribution >= 4 is 23.2 Å². The van der Waals surface area contributed by atoms with Crippen LogP contribution in [0, 0.1) is 11.8 Å². The lowest BCUT2D eigenvalue weighted by atomic mass is 9.92. The average molecular weight is 345 g/mol. The molecule has 2 aliphatic rings. The number of nitrogens with one attached hydrogen (secondary N) is 1. The number of carbonyl (C=O) groups is 2. The Bertz CT molecular complexity index is 618. The fourth-order valence-electron chi connectivity index (χ4n) is 3.81. The molecular formula is C19H27N3O3. The van der Waals surface area contributed by atoms with E-state index in [1.54, 1.807) is 4.90 Å². The summed E-state index contributed by atoms with van der Waals surface area (Å²) >= 11 is 0. The number of rotatable bonds is 2. The van der Waals surface area contributed by atoms with Crippen LogP contribution in [0.3, 0.4) is 0 Å². The Morgan fingerprint density at radius 3 is 2.40 bits per heavy atom. The van der Waals surface area contributed by atoms with Gasteiger partial charge < -0.3 is 19.9 Å². The van der Waals surface area contributed by atoms with Crippen LogP contribution in [0.4, 0.5) is 11.4 Å². The van der Waals surface area contributed by atoms with Crippen molar-refractivity contribution in [1.29, 1.82) is 0 Å². The van der Waals surface area contributed by atoms with Crippen molar-refractivity contribution in [3.63, 3.8) is 0 Å². The highest BCUT2D eigenvalue weighted by molar-refractivity contribution is 6.39. The standard InChI is InChI=1S/C19H27N3O3/c1-14-11-15(2)13-22(12-14)19(24)18(23)20-16-5-3-4-6-17(16)21-7-9-25-10-8-21/h3-6,14-15H,7-13H2,1-2H3,(H,20,23). The molecule has 1 N–H and O–H groups in total. The number of hydrogen-bond acceptors (Lipinski definition) is 4. The summed E-state index contributed by atoms with van der Waals surface area (Å²) in [7, 11) is 0. The second-order valence-electron chi connectivity index (χ2n) is 7.23. The van der Waals surface area contributed by atoms with Crippen LogP contribution in [-0.2, 0) is 14.3 Å². The molecule has 2 saturated heterocycles. The van der Waals surface area contributed by atoms with E-state index in [9.17, 15) is 9.59 Å². The third kappa shape index (κ3) is 4.31. The fraction of sp³-hybridized carbons (Fsp3) is 0.579. The minimum absolute atomic E-state index is 0.432. The highest BCUT2D eigenvalue weighted by atomic mass is 16.5. The van der Waals surface area contributed by atoms with Crippen molar-refractivity contribution < 1.29 is 14.3 Å². The number of para-hydroxylation sites is 2. The molecule has 1 aromatic rings. The zero-order valence-electron chi connectivity index (χ0n) is 15.0. The van der Waals surface area contributed by atoms with Gasteiger partial charge in [-0.25, -0.2) is 0 Å². The van der Waals surface area contributed by atoms with Gasteiger partial charge in [-0.1, -0.05) is 26.0 Å². The molecular weight excluding hydrogens is 318 g/mol. The molecule has 6 nitrogen and oxygen atoms in total. The molecule has 0 aromatic heterocycles. The Kier molecular flexibility index (Phi) is 5.58. The topological polar surface area (TPSA) is 61.9 Å². The van der Waals surface area contributed by atoms with Gasteiger partial charge >= 0.3 is 11.8 Å². The van der Waals surface area contributed by atoms with Crippen molar-refractivity contribution in [3.05, 3.63) is 24.3 Å². The molecule has 2 atom stereocenters. The predicted molar refractivity (Wildman–Crippen MR) is 97.6 cm³/mol. The molecule has 136 valence electrons. The van der Waals surface area contributed by atoms with Crippen molar-refractivity contribution in [2.45, 2.75) is 20.3 Å². The summed E-state index contributed by atoms with van der Waals surface area (Å²) in [6, 6.07) is 7.62. The molecule has 0 aliphatic carbocycles. The molecule has 2 fully saturated rings. The summed E-state index contributed by atoms with van der Waals surface area (Å²) in [6.45, 7) is 8.46. The zero-order valence-corrected chi connectivity index (χ0v) is 15.0. The molecule has 6 heteroatoms. The zero-order chi connectivity index (χ0) is 17.8. The molecule has 2 heterocycles. The SMILES string of the molecule is CC1CC(C)CN(C(=O)C(=O)Nc2ccccc2N2CCOCC2)C1. The number of ether oxygens (including phenoxy) is 1. The highest BCUT2D eigenvalue weighted by Crippen LogP contribution is 2.27. The molecule has 3 rings (SSSR count). The highest BCUT2D eigenvalue weighted by Gasteiger charge is 2.29. The molecule has 2 amide bonds. The minimum Gasteiger partial charge on any atom is -0.378 e. The van der Waals surface area contributed by atoms with Crippen LogP contribution in [0.25, 0.3) is 0 Å². The number of hydrogen-bond donors (Lipinski definition) is 1. The van der Waals surface area contributed by atoms with Gasteiger partial charge in [0.2, 0.25) is 0 Å². The van der Waals surface area contributed by atoms with Gasteiger partial charge in [0.25, 0.3) is 0 Å². The fourth-order valence-corrected chi connectivity index (χ4v) is 3.81.